The third-order valence-corrected chi connectivity index (χ3v) is 4.55. The van der Waals surface area contributed by atoms with Gasteiger partial charge in [-0.15, -0.1) is 0 Å². The Morgan fingerprint density at radius 1 is 1.32 bits per heavy atom. The third-order valence-electron chi connectivity index (χ3n) is 2.69. The highest BCUT2D eigenvalue weighted by atomic mass is 28.3. The monoisotopic (exact) mass is 288 g/mol. The fourth-order valence-corrected chi connectivity index (χ4v) is 2.66. The van der Waals surface area contributed by atoms with Gasteiger partial charge in [0.2, 0.25) is 0 Å². The number of esters is 2. The minimum atomic E-state index is -2.01. The molecule has 110 valence electrons. The summed E-state index contributed by atoms with van der Waals surface area (Å²) in [5.74, 6) is -2.00. The number of hydrogen-bond acceptors (Lipinski definition) is 5. The first kappa shape index (κ1) is 18.0. The van der Waals surface area contributed by atoms with Crippen molar-refractivity contribution >= 4 is 20.0 Å². The van der Waals surface area contributed by atoms with E-state index in [2.05, 4.69) is 31.0 Å². The molecule has 0 aromatic rings. The van der Waals surface area contributed by atoms with Crippen LogP contribution in [0.1, 0.15) is 19.8 Å². The van der Waals surface area contributed by atoms with Crippen molar-refractivity contribution in [3.8, 4) is 0 Å². The summed E-state index contributed by atoms with van der Waals surface area (Å²) in [5, 5.41) is 19.2. The minimum Gasteiger partial charge on any atom is -0.393 e. The predicted octanol–water partition coefficient (Wildman–Crippen LogP) is 1.47. The van der Waals surface area contributed by atoms with Crippen LogP contribution in [0.2, 0.25) is 25.7 Å². The van der Waals surface area contributed by atoms with E-state index in [0.29, 0.717) is 6.42 Å². The molecular formula is C13H24O5Si. The molecule has 0 spiro atoms. The van der Waals surface area contributed by atoms with Crippen molar-refractivity contribution in [1.29, 1.82) is 0 Å². The molecule has 2 N–H and O–H groups in total. The van der Waals surface area contributed by atoms with Gasteiger partial charge in [-0.05, 0) is 13.3 Å². The van der Waals surface area contributed by atoms with Gasteiger partial charge < -0.3 is 14.9 Å². The fourth-order valence-electron chi connectivity index (χ4n) is 1.42. The number of aliphatic hydroxyl groups excluding tert-OH is 1. The van der Waals surface area contributed by atoms with Crippen LogP contribution >= 0.6 is 0 Å². The van der Waals surface area contributed by atoms with E-state index in [9.17, 15) is 14.7 Å². The summed E-state index contributed by atoms with van der Waals surface area (Å²) in [6, 6.07) is 0.914. The first-order valence-corrected chi connectivity index (χ1v) is 9.98. The molecule has 0 bridgehead atoms. The Hall–Kier alpha value is -0.983. The van der Waals surface area contributed by atoms with Crippen LogP contribution in [-0.4, -0.2) is 42.4 Å². The maximum Gasteiger partial charge on any atom is 0.348 e. The Labute approximate surface area is 115 Å². The van der Waals surface area contributed by atoms with Crippen LogP contribution in [-0.2, 0) is 14.3 Å². The molecule has 0 heterocycles. The highest BCUT2D eigenvalue weighted by Gasteiger charge is 2.38. The van der Waals surface area contributed by atoms with Crippen LogP contribution in [0.25, 0.3) is 0 Å². The minimum absolute atomic E-state index is 0.0655. The topological polar surface area (TPSA) is 83.8 Å². The van der Waals surface area contributed by atoms with Crippen LogP contribution in [0.4, 0.5) is 0 Å². The Balaban J connectivity index is 4.54. The molecule has 0 aliphatic rings. The summed E-state index contributed by atoms with van der Waals surface area (Å²) in [6.45, 7) is 10.5. The molecule has 0 aromatic carbocycles. The highest BCUT2D eigenvalue weighted by molar-refractivity contribution is 6.76. The lowest BCUT2D eigenvalue weighted by Gasteiger charge is -2.24. The molecule has 0 radical (unpaired) electrons. The molecule has 5 nitrogen and oxygen atoms in total. The van der Waals surface area contributed by atoms with Gasteiger partial charge in [-0.25, -0.2) is 9.59 Å². The number of rotatable bonds is 7. The summed E-state index contributed by atoms with van der Waals surface area (Å²) in [7, 11) is -1.28. The number of carbonyl (C=O) groups excluding carboxylic acids is 2. The smallest absolute Gasteiger partial charge is 0.348 e. The van der Waals surface area contributed by atoms with E-state index in [1.165, 1.54) is 6.92 Å². The Bertz CT molecular complexity index is 359. The van der Waals surface area contributed by atoms with Crippen LogP contribution in [0.15, 0.2) is 12.2 Å². The molecule has 0 aliphatic heterocycles. The standard InChI is InChI=1S/C13H24O5Si/c1-10(2)11(15)18-12(16)13(17,9-14)7-6-8-19(3,4)5/h14,17H,1,6-9H2,2-5H3. The van der Waals surface area contributed by atoms with Crippen molar-refractivity contribution in [3.63, 3.8) is 0 Å². The van der Waals surface area contributed by atoms with Crippen molar-refractivity contribution < 1.29 is 24.5 Å². The largest absolute Gasteiger partial charge is 0.393 e. The average Bonchev–Trinajstić information content (AvgIpc) is 2.26. The molecule has 0 fully saturated rings. The molecule has 19 heavy (non-hydrogen) atoms. The van der Waals surface area contributed by atoms with Gasteiger partial charge in [0.25, 0.3) is 0 Å². The van der Waals surface area contributed by atoms with Crippen molar-refractivity contribution in [3.05, 3.63) is 12.2 Å². The first-order valence-electron chi connectivity index (χ1n) is 6.27. The molecule has 0 saturated carbocycles. The second kappa shape index (κ2) is 6.98. The number of aliphatic hydroxyl groups is 2. The van der Waals surface area contributed by atoms with E-state index >= 15 is 0 Å². The van der Waals surface area contributed by atoms with Gasteiger partial charge in [0.15, 0.2) is 5.60 Å². The zero-order chi connectivity index (χ0) is 15.3. The van der Waals surface area contributed by atoms with E-state index in [4.69, 9.17) is 5.11 Å². The molecule has 1 atom stereocenters. The fraction of sp³-hybridized carbons (Fsp3) is 0.692. The van der Waals surface area contributed by atoms with Crippen LogP contribution < -0.4 is 0 Å². The Morgan fingerprint density at radius 2 is 1.84 bits per heavy atom. The molecule has 6 heteroatoms. The van der Waals surface area contributed by atoms with Gasteiger partial charge in [0, 0.05) is 13.6 Å². The maximum absolute atomic E-state index is 11.7. The van der Waals surface area contributed by atoms with Crippen LogP contribution in [0, 0.1) is 0 Å². The SMILES string of the molecule is C=C(C)C(=O)OC(=O)C(O)(CO)CCC[Si](C)(C)C. The number of carbonyl (C=O) groups is 2. The van der Waals surface area contributed by atoms with Crippen molar-refractivity contribution in [2.75, 3.05) is 6.61 Å². The summed E-state index contributed by atoms with van der Waals surface area (Å²) < 4.78 is 4.47. The first-order chi connectivity index (χ1) is 8.52. The van der Waals surface area contributed by atoms with E-state index in [1.54, 1.807) is 0 Å². The number of hydrogen-bond donors (Lipinski definition) is 2. The lowest BCUT2D eigenvalue weighted by Crippen LogP contribution is -2.45. The van der Waals surface area contributed by atoms with Crippen LogP contribution in [0.5, 0.6) is 0 Å². The zero-order valence-electron chi connectivity index (χ0n) is 12.2. The summed E-state index contributed by atoms with van der Waals surface area (Å²) in [5.41, 5.74) is -1.94. The highest BCUT2D eigenvalue weighted by Crippen LogP contribution is 2.21. The van der Waals surface area contributed by atoms with Crippen LogP contribution in [0.3, 0.4) is 0 Å². The second-order valence-corrected chi connectivity index (χ2v) is 11.7. The van der Waals surface area contributed by atoms with Gasteiger partial charge in [0.05, 0.1) is 6.61 Å². The van der Waals surface area contributed by atoms with Gasteiger partial charge >= 0.3 is 11.9 Å². The van der Waals surface area contributed by atoms with E-state index < -0.39 is 32.2 Å². The van der Waals surface area contributed by atoms with Crippen molar-refractivity contribution in [1.82, 2.24) is 0 Å². The van der Waals surface area contributed by atoms with E-state index in [0.717, 1.165) is 6.04 Å². The maximum atomic E-state index is 11.7. The summed E-state index contributed by atoms with van der Waals surface area (Å²) in [4.78, 5) is 22.9. The molecular weight excluding hydrogens is 264 g/mol. The van der Waals surface area contributed by atoms with Gasteiger partial charge in [-0.3, -0.25) is 0 Å². The molecule has 0 amide bonds. The molecule has 1 unspecified atom stereocenters. The van der Waals surface area contributed by atoms with Gasteiger partial charge in [-0.2, -0.15) is 0 Å². The quantitative estimate of drug-likeness (QED) is 0.321. The van der Waals surface area contributed by atoms with Crippen molar-refractivity contribution in [2.24, 2.45) is 0 Å². The Morgan fingerprint density at radius 3 is 2.21 bits per heavy atom. The van der Waals surface area contributed by atoms with Crippen molar-refractivity contribution in [2.45, 2.75) is 51.1 Å². The third kappa shape index (κ3) is 6.65. The van der Waals surface area contributed by atoms with Gasteiger partial charge in [0.1, 0.15) is 0 Å². The second-order valence-electron chi connectivity index (χ2n) is 6.06. The molecule has 0 aliphatic carbocycles. The molecule has 0 saturated heterocycles. The zero-order valence-corrected chi connectivity index (χ0v) is 13.2. The summed E-state index contributed by atoms with van der Waals surface area (Å²) in [6.07, 6.45) is 0.680. The van der Waals surface area contributed by atoms with E-state index in [1.807, 2.05) is 0 Å². The Kier molecular flexibility index (Phi) is 6.61. The van der Waals surface area contributed by atoms with E-state index in [-0.39, 0.29) is 12.0 Å². The molecule has 0 rings (SSSR count). The van der Waals surface area contributed by atoms with Gasteiger partial charge in [-0.1, -0.05) is 38.7 Å². The predicted molar refractivity (Wildman–Crippen MR) is 75.3 cm³/mol. The summed E-state index contributed by atoms with van der Waals surface area (Å²) >= 11 is 0. The average molecular weight is 288 g/mol. The number of ether oxygens (including phenoxy) is 1. The lowest BCUT2D eigenvalue weighted by molar-refractivity contribution is -0.176. The normalized spacial score (nSPS) is 14.6. The molecule has 0 aromatic heterocycles. The lowest BCUT2D eigenvalue weighted by atomic mass is 9.99.